The van der Waals surface area contributed by atoms with Crippen LogP contribution in [-0.4, -0.2) is 44.3 Å². The lowest BCUT2D eigenvalue weighted by molar-refractivity contribution is 0.0779. The summed E-state index contributed by atoms with van der Waals surface area (Å²) in [5.74, 6) is 0.798. The molecular weight excluding hydrogens is 224 g/mol. The minimum atomic E-state index is 0.344. The van der Waals surface area contributed by atoms with Crippen LogP contribution in [0.3, 0.4) is 0 Å². The highest BCUT2D eigenvalue weighted by molar-refractivity contribution is 4.91. The third-order valence-electron chi connectivity index (χ3n) is 4.52. The number of ether oxygens (including phenoxy) is 1. The van der Waals surface area contributed by atoms with Crippen LogP contribution in [0, 0.1) is 11.3 Å². The number of rotatable bonds is 5. The van der Waals surface area contributed by atoms with Crippen LogP contribution in [0.5, 0.6) is 0 Å². The molecule has 2 N–H and O–H groups in total. The van der Waals surface area contributed by atoms with Gasteiger partial charge in [0, 0.05) is 32.3 Å². The van der Waals surface area contributed by atoms with Crippen LogP contribution >= 0.6 is 0 Å². The fraction of sp³-hybridized carbons (Fsp3) is 1.00. The van der Waals surface area contributed by atoms with Crippen LogP contribution in [0.25, 0.3) is 0 Å². The van der Waals surface area contributed by atoms with Gasteiger partial charge < -0.3 is 15.4 Å². The zero-order valence-corrected chi connectivity index (χ0v) is 12.9. The van der Waals surface area contributed by atoms with Crippen molar-refractivity contribution >= 4 is 0 Å². The summed E-state index contributed by atoms with van der Waals surface area (Å²) in [4.78, 5) is 2.45. The summed E-state index contributed by atoms with van der Waals surface area (Å²) in [5, 5.41) is 0. The van der Waals surface area contributed by atoms with Crippen molar-refractivity contribution in [1.82, 2.24) is 4.90 Å². The van der Waals surface area contributed by atoms with E-state index in [0.29, 0.717) is 17.5 Å². The summed E-state index contributed by atoms with van der Waals surface area (Å²) in [6.45, 7) is 9.00. The molecule has 1 aliphatic carbocycles. The minimum absolute atomic E-state index is 0.344. The minimum Gasteiger partial charge on any atom is -0.385 e. The summed E-state index contributed by atoms with van der Waals surface area (Å²) in [5.41, 5.74) is 6.73. The largest absolute Gasteiger partial charge is 0.385 e. The van der Waals surface area contributed by atoms with Gasteiger partial charge in [0.25, 0.3) is 0 Å². The van der Waals surface area contributed by atoms with Gasteiger partial charge in [0.05, 0.1) is 0 Å². The van der Waals surface area contributed by atoms with E-state index in [1.165, 1.54) is 19.3 Å². The molecule has 0 radical (unpaired) electrons. The summed E-state index contributed by atoms with van der Waals surface area (Å²) < 4.78 is 5.12. The fourth-order valence-corrected chi connectivity index (χ4v) is 3.09. The second-order valence-electron chi connectivity index (χ2n) is 6.93. The first kappa shape index (κ1) is 15.9. The molecule has 1 saturated carbocycles. The molecule has 0 amide bonds. The molecule has 108 valence electrons. The van der Waals surface area contributed by atoms with Gasteiger partial charge in [-0.2, -0.15) is 0 Å². The second-order valence-corrected chi connectivity index (χ2v) is 6.93. The number of hydrogen-bond acceptors (Lipinski definition) is 3. The second kappa shape index (κ2) is 6.88. The highest BCUT2D eigenvalue weighted by atomic mass is 16.5. The van der Waals surface area contributed by atoms with Crippen molar-refractivity contribution in [2.45, 2.75) is 58.5 Å². The Morgan fingerprint density at radius 3 is 2.50 bits per heavy atom. The van der Waals surface area contributed by atoms with Crippen LogP contribution in [-0.2, 0) is 4.74 Å². The molecule has 3 heteroatoms. The van der Waals surface area contributed by atoms with Crippen molar-refractivity contribution in [3.05, 3.63) is 0 Å². The standard InChI is InChI=1S/C15H32N2O/c1-15(2,3)12-7-8-13(16)14(11-12)17(4)9-6-10-18-5/h12-14H,6-11,16H2,1-5H3. The van der Waals surface area contributed by atoms with Gasteiger partial charge in [-0.3, -0.25) is 0 Å². The van der Waals surface area contributed by atoms with E-state index >= 15 is 0 Å². The van der Waals surface area contributed by atoms with E-state index in [-0.39, 0.29) is 0 Å². The third-order valence-corrected chi connectivity index (χ3v) is 4.52. The molecular formula is C15H32N2O. The number of likely N-dealkylation sites (N-methyl/N-ethyl adjacent to an activating group) is 1. The van der Waals surface area contributed by atoms with Crippen LogP contribution in [0.2, 0.25) is 0 Å². The Bertz CT molecular complexity index is 237. The molecule has 0 spiro atoms. The van der Waals surface area contributed by atoms with Crippen LogP contribution < -0.4 is 5.73 Å². The molecule has 0 saturated heterocycles. The molecule has 0 heterocycles. The Balaban J connectivity index is 2.51. The fourth-order valence-electron chi connectivity index (χ4n) is 3.09. The van der Waals surface area contributed by atoms with E-state index in [9.17, 15) is 0 Å². The maximum absolute atomic E-state index is 6.32. The summed E-state index contributed by atoms with van der Waals surface area (Å²) in [7, 11) is 3.98. The van der Waals surface area contributed by atoms with Gasteiger partial charge in [0.15, 0.2) is 0 Å². The molecule has 0 bridgehead atoms. The van der Waals surface area contributed by atoms with Crippen molar-refractivity contribution in [2.75, 3.05) is 27.3 Å². The van der Waals surface area contributed by atoms with Gasteiger partial charge in [-0.15, -0.1) is 0 Å². The molecule has 0 aliphatic heterocycles. The molecule has 18 heavy (non-hydrogen) atoms. The van der Waals surface area contributed by atoms with E-state index in [0.717, 1.165) is 25.5 Å². The van der Waals surface area contributed by atoms with E-state index in [1.807, 2.05) is 0 Å². The van der Waals surface area contributed by atoms with Gasteiger partial charge in [0.1, 0.15) is 0 Å². The number of methoxy groups -OCH3 is 1. The average Bonchev–Trinajstić information content (AvgIpc) is 2.28. The number of nitrogens with zero attached hydrogens (tertiary/aromatic N) is 1. The molecule has 3 atom stereocenters. The van der Waals surface area contributed by atoms with E-state index in [4.69, 9.17) is 10.5 Å². The zero-order chi connectivity index (χ0) is 13.8. The van der Waals surface area contributed by atoms with Crippen molar-refractivity contribution in [3.63, 3.8) is 0 Å². The highest BCUT2D eigenvalue weighted by Gasteiger charge is 2.35. The van der Waals surface area contributed by atoms with Gasteiger partial charge in [0.2, 0.25) is 0 Å². The first-order valence-electron chi connectivity index (χ1n) is 7.31. The quantitative estimate of drug-likeness (QED) is 0.768. The molecule has 0 aromatic rings. The molecule has 1 aliphatic rings. The van der Waals surface area contributed by atoms with Crippen molar-refractivity contribution in [1.29, 1.82) is 0 Å². The van der Waals surface area contributed by atoms with Gasteiger partial charge in [-0.25, -0.2) is 0 Å². The van der Waals surface area contributed by atoms with E-state index < -0.39 is 0 Å². The van der Waals surface area contributed by atoms with Crippen LogP contribution in [0.1, 0.15) is 46.5 Å². The SMILES string of the molecule is COCCCN(C)C1CC(C(C)(C)C)CCC1N. The van der Waals surface area contributed by atoms with Crippen molar-refractivity contribution < 1.29 is 4.74 Å². The average molecular weight is 256 g/mol. The maximum Gasteiger partial charge on any atom is 0.0474 e. The molecule has 0 aromatic carbocycles. The first-order chi connectivity index (χ1) is 8.36. The lowest BCUT2D eigenvalue weighted by atomic mass is 9.69. The normalized spacial score (nSPS) is 29.8. The lowest BCUT2D eigenvalue weighted by Crippen LogP contribution is -2.51. The zero-order valence-electron chi connectivity index (χ0n) is 12.9. The van der Waals surface area contributed by atoms with Crippen molar-refractivity contribution in [3.8, 4) is 0 Å². The Morgan fingerprint density at radius 2 is 1.94 bits per heavy atom. The van der Waals surface area contributed by atoms with Gasteiger partial charge >= 0.3 is 0 Å². The smallest absolute Gasteiger partial charge is 0.0474 e. The summed E-state index contributed by atoms with van der Waals surface area (Å²) in [6, 6.07) is 0.885. The first-order valence-corrected chi connectivity index (χ1v) is 7.31. The number of hydrogen-bond donors (Lipinski definition) is 1. The Kier molecular flexibility index (Phi) is 6.09. The van der Waals surface area contributed by atoms with E-state index in [1.54, 1.807) is 7.11 Å². The van der Waals surface area contributed by atoms with E-state index in [2.05, 4.69) is 32.7 Å². The maximum atomic E-state index is 6.32. The Labute approximate surface area is 113 Å². The molecule has 0 aromatic heterocycles. The van der Waals surface area contributed by atoms with Gasteiger partial charge in [-0.1, -0.05) is 20.8 Å². The lowest BCUT2D eigenvalue weighted by Gasteiger charge is -2.44. The summed E-state index contributed by atoms with van der Waals surface area (Å²) in [6.07, 6.45) is 4.79. The Morgan fingerprint density at radius 1 is 1.28 bits per heavy atom. The van der Waals surface area contributed by atoms with Gasteiger partial charge in [-0.05, 0) is 44.1 Å². The Hall–Kier alpha value is -0.120. The third kappa shape index (κ3) is 4.52. The monoisotopic (exact) mass is 256 g/mol. The predicted molar refractivity (Wildman–Crippen MR) is 77.7 cm³/mol. The topological polar surface area (TPSA) is 38.5 Å². The van der Waals surface area contributed by atoms with Crippen LogP contribution in [0.4, 0.5) is 0 Å². The number of nitrogens with two attached hydrogens (primary N) is 1. The highest BCUT2D eigenvalue weighted by Crippen LogP contribution is 2.38. The molecule has 1 fully saturated rings. The molecule has 3 unspecified atom stereocenters. The predicted octanol–water partition coefficient (Wildman–Crippen LogP) is 2.50. The molecule has 3 nitrogen and oxygen atoms in total. The molecule has 1 rings (SSSR count). The van der Waals surface area contributed by atoms with Crippen molar-refractivity contribution in [2.24, 2.45) is 17.1 Å². The summed E-state index contributed by atoms with van der Waals surface area (Å²) >= 11 is 0. The van der Waals surface area contributed by atoms with Crippen LogP contribution in [0.15, 0.2) is 0 Å².